The standard InChI is InChI=1S/C18H30BFO5/c1-16(2)17(3,4)25-19(24-16)14-5-7-18(20,8-6-14)13-22-12-15-11-21-9-10-23-15/h5,15H,6-13H2,1-4H3/t15-,18?/m0/s1. The fourth-order valence-corrected chi connectivity index (χ4v) is 3.23. The summed E-state index contributed by atoms with van der Waals surface area (Å²) >= 11 is 0. The van der Waals surface area contributed by atoms with E-state index >= 15 is 0 Å². The third kappa shape index (κ3) is 4.45. The average molecular weight is 356 g/mol. The summed E-state index contributed by atoms with van der Waals surface area (Å²) in [6.07, 6.45) is 3.21. The van der Waals surface area contributed by atoms with Crippen LogP contribution in [0.5, 0.6) is 0 Å². The van der Waals surface area contributed by atoms with Gasteiger partial charge in [-0.3, -0.25) is 0 Å². The molecule has 2 aliphatic heterocycles. The first-order valence-electron chi connectivity index (χ1n) is 9.21. The van der Waals surface area contributed by atoms with Crippen LogP contribution in [0, 0.1) is 0 Å². The third-order valence-electron chi connectivity index (χ3n) is 5.70. The lowest BCUT2D eigenvalue weighted by molar-refractivity contribution is -0.124. The van der Waals surface area contributed by atoms with E-state index in [9.17, 15) is 4.39 Å². The number of hydrogen-bond donors (Lipinski definition) is 0. The largest absolute Gasteiger partial charge is 0.490 e. The lowest BCUT2D eigenvalue weighted by Crippen LogP contribution is -2.41. The van der Waals surface area contributed by atoms with Gasteiger partial charge < -0.3 is 23.5 Å². The maximum atomic E-state index is 15.0. The van der Waals surface area contributed by atoms with E-state index in [4.69, 9.17) is 23.5 Å². The van der Waals surface area contributed by atoms with Gasteiger partial charge in [-0.2, -0.15) is 0 Å². The Kier molecular flexibility index (Phi) is 5.62. The Balaban J connectivity index is 1.48. The van der Waals surface area contributed by atoms with Crippen molar-refractivity contribution in [2.24, 2.45) is 0 Å². The molecule has 2 heterocycles. The van der Waals surface area contributed by atoms with Crippen LogP contribution in [0.2, 0.25) is 0 Å². The van der Waals surface area contributed by atoms with Gasteiger partial charge in [0.2, 0.25) is 0 Å². The van der Waals surface area contributed by atoms with Crippen LogP contribution in [0.15, 0.2) is 11.5 Å². The van der Waals surface area contributed by atoms with E-state index in [0.717, 1.165) is 5.47 Å². The first-order chi connectivity index (χ1) is 11.7. The number of allylic oxidation sites excluding steroid dienone is 2. The second kappa shape index (κ2) is 7.27. The van der Waals surface area contributed by atoms with Crippen molar-refractivity contribution in [2.45, 2.75) is 69.9 Å². The molecule has 7 heteroatoms. The molecule has 0 aromatic heterocycles. The zero-order chi connectivity index (χ0) is 18.1. The first kappa shape index (κ1) is 19.3. The van der Waals surface area contributed by atoms with Crippen molar-refractivity contribution in [3.63, 3.8) is 0 Å². The van der Waals surface area contributed by atoms with Crippen LogP contribution in [0.25, 0.3) is 0 Å². The first-order valence-corrected chi connectivity index (χ1v) is 9.21. The monoisotopic (exact) mass is 356 g/mol. The molecule has 3 aliphatic rings. The molecule has 0 N–H and O–H groups in total. The van der Waals surface area contributed by atoms with Gasteiger partial charge in [-0.15, -0.1) is 0 Å². The molecule has 25 heavy (non-hydrogen) atoms. The molecule has 0 aromatic carbocycles. The molecule has 3 rings (SSSR count). The van der Waals surface area contributed by atoms with Crippen LogP contribution in [0.4, 0.5) is 4.39 Å². The van der Waals surface area contributed by atoms with E-state index in [-0.39, 0.29) is 31.0 Å². The van der Waals surface area contributed by atoms with Gasteiger partial charge in [0.1, 0.15) is 11.8 Å². The van der Waals surface area contributed by atoms with Gasteiger partial charge >= 0.3 is 7.12 Å². The molecule has 0 amide bonds. The minimum atomic E-state index is -1.33. The quantitative estimate of drug-likeness (QED) is 0.709. The highest BCUT2D eigenvalue weighted by molar-refractivity contribution is 6.54. The highest BCUT2D eigenvalue weighted by Gasteiger charge is 2.53. The molecule has 0 spiro atoms. The van der Waals surface area contributed by atoms with Crippen molar-refractivity contribution in [3.8, 4) is 0 Å². The van der Waals surface area contributed by atoms with Gasteiger partial charge in [-0.25, -0.2) is 4.39 Å². The molecule has 142 valence electrons. The minimum absolute atomic E-state index is 0.0833. The van der Waals surface area contributed by atoms with Gasteiger partial charge in [0.05, 0.1) is 44.2 Å². The zero-order valence-electron chi connectivity index (χ0n) is 15.8. The van der Waals surface area contributed by atoms with Crippen molar-refractivity contribution < 1.29 is 27.9 Å². The molecule has 0 saturated carbocycles. The van der Waals surface area contributed by atoms with E-state index < -0.39 is 5.67 Å². The molecule has 1 aliphatic carbocycles. The van der Waals surface area contributed by atoms with E-state index in [2.05, 4.69) is 0 Å². The molecule has 0 bridgehead atoms. The number of hydrogen-bond acceptors (Lipinski definition) is 5. The summed E-state index contributed by atoms with van der Waals surface area (Å²) in [6, 6.07) is 0. The fourth-order valence-electron chi connectivity index (χ4n) is 3.23. The van der Waals surface area contributed by atoms with E-state index in [0.29, 0.717) is 45.7 Å². The van der Waals surface area contributed by atoms with Gasteiger partial charge in [0, 0.05) is 6.42 Å². The summed E-state index contributed by atoms with van der Waals surface area (Å²) in [4.78, 5) is 0. The fraction of sp³-hybridized carbons (Fsp3) is 0.889. The van der Waals surface area contributed by atoms with Crippen LogP contribution < -0.4 is 0 Å². The number of halogens is 1. The van der Waals surface area contributed by atoms with Gasteiger partial charge in [-0.05, 0) is 46.0 Å². The molecule has 2 atom stereocenters. The molecule has 5 nitrogen and oxygen atoms in total. The Labute approximate surface area is 150 Å². The van der Waals surface area contributed by atoms with Crippen molar-refractivity contribution in [1.29, 1.82) is 0 Å². The SMILES string of the molecule is CC1(C)OB(C2=CCC(F)(COC[C@@H]3COCCO3)CC2)OC1(C)C. The average Bonchev–Trinajstić information content (AvgIpc) is 2.77. The van der Waals surface area contributed by atoms with E-state index in [1.54, 1.807) is 0 Å². The van der Waals surface area contributed by atoms with E-state index in [1.165, 1.54) is 0 Å². The molecule has 0 aromatic rings. The Morgan fingerprint density at radius 2 is 1.92 bits per heavy atom. The Morgan fingerprint density at radius 1 is 1.20 bits per heavy atom. The summed E-state index contributed by atoms with van der Waals surface area (Å²) in [5.41, 5.74) is -1.03. The Hall–Kier alpha value is -0.465. The molecule has 2 fully saturated rings. The lowest BCUT2D eigenvalue weighted by atomic mass is 9.70. The molecule has 1 unspecified atom stereocenters. The zero-order valence-corrected chi connectivity index (χ0v) is 15.8. The predicted molar refractivity (Wildman–Crippen MR) is 93.2 cm³/mol. The van der Waals surface area contributed by atoms with Gasteiger partial charge in [0.25, 0.3) is 0 Å². The van der Waals surface area contributed by atoms with Crippen LogP contribution >= 0.6 is 0 Å². The third-order valence-corrected chi connectivity index (χ3v) is 5.70. The summed E-state index contributed by atoms with van der Waals surface area (Å²) in [6.45, 7) is 10.3. The van der Waals surface area contributed by atoms with Gasteiger partial charge in [-0.1, -0.05) is 6.08 Å². The molecule has 0 radical (unpaired) electrons. The predicted octanol–water partition coefficient (Wildman–Crippen LogP) is 2.87. The van der Waals surface area contributed by atoms with Crippen LogP contribution in [0.1, 0.15) is 47.0 Å². The van der Waals surface area contributed by atoms with Crippen molar-refractivity contribution in [3.05, 3.63) is 11.5 Å². The second-order valence-corrected chi connectivity index (χ2v) is 8.31. The van der Waals surface area contributed by atoms with Crippen LogP contribution in [-0.2, 0) is 23.5 Å². The van der Waals surface area contributed by atoms with Crippen LogP contribution in [-0.4, -0.2) is 63.1 Å². The lowest BCUT2D eigenvalue weighted by Gasteiger charge is -2.32. The van der Waals surface area contributed by atoms with Crippen molar-refractivity contribution in [2.75, 3.05) is 33.0 Å². The minimum Gasteiger partial charge on any atom is -0.400 e. The highest BCUT2D eigenvalue weighted by Crippen LogP contribution is 2.41. The summed E-state index contributed by atoms with van der Waals surface area (Å²) in [5, 5.41) is 0. The topological polar surface area (TPSA) is 46.2 Å². The van der Waals surface area contributed by atoms with E-state index in [1.807, 2.05) is 33.8 Å². The second-order valence-electron chi connectivity index (χ2n) is 8.31. The van der Waals surface area contributed by atoms with Crippen molar-refractivity contribution in [1.82, 2.24) is 0 Å². The Morgan fingerprint density at radius 3 is 2.48 bits per heavy atom. The Bertz CT molecular complexity index is 488. The number of rotatable bonds is 5. The molecular formula is C18H30BFO5. The summed E-state index contributed by atoms with van der Waals surface area (Å²) in [7, 11) is -0.372. The molecular weight excluding hydrogens is 326 g/mol. The van der Waals surface area contributed by atoms with Crippen LogP contribution in [0.3, 0.4) is 0 Å². The molecule has 2 saturated heterocycles. The smallest absolute Gasteiger partial charge is 0.400 e. The maximum absolute atomic E-state index is 15.0. The summed E-state index contributed by atoms with van der Waals surface area (Å²) < 4.78 is 43.5. The maximum Gasteiger partial charge on any atom is 0.490 e. The van der Waals surface area contributed by atoms with Crippen molar-refractivity contribution >= 4 is 7.12 Å². The summed E-state index contributed by atoms with van der Waals surface area (Å²) in [5.74, 6) is 0. The highest BCUT2D eigenvalue weighted by atomic mass is 19.1. The van der Waals surface area contributed by atoms with Gasteiger partial charge in [0.15, 0.2) is 0 Å². The number of alkyl halides is 1. The number of ether oxygens (including phenoxy) is 3. The normalized spacial score (nSPS) is 34.8.